The SMILES string of the molecule is CCC(N)Cc1ccc(N(c2ccc(C)cc2)c2ccc(C)cc2)cc1. The van der Waals surface area contributed by atoms with Crippen LogP contribution >= 0.6 is 0 Å². The summed E-state index contributed by atoms with van der Waals surface area (Å²) in [6.45, 7) is 6.37. The van der Waals surface area contributed by atoms with Crippen molar-refractivity contribution < 1.29 is 0 Å². The van der Waals surface area contributed by atoms with E-state index in [1.165, 1.54) is 16.7 Å². The zero-order valence-electron chi connectivity index (χ0n) is 15.9. The van der Waals surface area contributed by atoms with Crippen LogP contribution in [0.5, 0.6) is 0 Å². The van der Waals surface area contributed by atoms with E-state index in [0.29, 0.717) is 0 Å². The number of hydrogen-bond acceptors (Lipinski definition) is 2. The molecule has 0 bridgehead atoms. The molecule has 0 fully saturated rings. The van der Waals surface area contributed by atoms with Gasteiger partial charge < -0.3 is 10.6 Å². The molecule has 0 spiro atoms. The molecule has 0 radical (unpaired) electrons. The Morgan fingerprint density at radius 3 is 1.46 bits per heavy atom. The smallest absolute Gasteiger partial charge is 0.0461 e. The van der Waals surface area contributed by atoms with E-state index in [0.717, 1.165) is 29.9 Å². The van der Waals surface area contributed by atoms with Gasteiger partial charge in [0.25, 0.3) is 0 Å². The molecule has 2 nitrogen and oxygen atoms in total. The van der Waals surface area contributed by atoms with E-state index in [1.54, 1.807) is 0 Å². The van der Waals surface area contributed by atoms with Gasteiger partial charge >= 0.3 is 0 Å². The molecule has 2 heteroatoms. The molecule has 0 saturated heterocycles. The van der Waals surface area contributed by atoms with Crippen LogP contribution in [-0.4, -0.2) is 6.04 Å². The van der Waals surface area contributed by atoms with Crippen molar-refractivity contribution in [2.24, 2.45) is 5.73 Å². The van der Waals surface area contributed by atoms with Gasteiger partial charge in [0.1, 0.15) is 0 Å². The molecule has 2 N–H and O–H groups in total. The lowest BCUT2D eigenvalue weighted by Crippen LogP contribution is -2.21. The summed E-state index contributed by atoms with van der Waals surface area (Å²) in [5.74, 6) is 0. The lowest BCUT2D eigenvalue weighted by atomic mass is 10.0. The number of nitrogens with zero attached hydrogens (tertiary/aromatic N) is 1. The Morgan fingerprint density at radius 2 is 1.08 bits per heavy atom. The van der Waals surface area contributed by atoms with Crippen LogP contribution in [-0.2, 0) is 6.42 Å². The Kier molecular flexibility index (Phi) is 5.75. The topological polar surface area (TPSA) is 29.3 Å². The van der Waals surface area contributed by atoms with Gasteiger partial charge in [-0.3, -0.25) is 0 Å². The van der Waals surface area contributed by atoms with Crippen LogP contribution < -0.4 is 10.6 Å². The molecule has 0 heterocycles. The number of hydrogen-bond donors (Lipinski definition) is 1. The van der Waals surface area contributed by atoms with Gasteiger partial charge in [-0.1, -0.05) is 54.4 Å². The normalized spacial score (nSPS) is 12.0. The van der Waals surface area contributed by atoms with Crippen LogP contribution in [0.2, 0.25) is 0 Å². The average Bonchev–Trinajstić information content (AvgIpc) is 2.66. The average molecular weight is 345 g/mol. The molecule has 0 aliphatic rings. The first kappa shape index (κ1) is 18.2. The molecule has 26 heavy (non-hydrogen) atoms. The lowest BCUT2D eigenvalue weighted by molar-refractivity contribution is 0.646. The van der Waals surface area contributed by atoms with Gasteiger partial charge in [-0.2, -0.15) is 0 Å². The lowest BCUT2D eigenvalue weighted by Gasteiger charge is -2.26. The van der Waals surface area contributed by atoms with Gasteiger partial charge in [0.15, 0.2) is 0 Å². The number of nitrogens with two attached hydrogens (primary N) is 1. The van der Waals surface area contributed by atoms with Crippen molar-refractivity contribution in [3.63, 3.8) is 0 Å². The summed E-state index contributed by atoms with van der Waals surface area (Å²) in [4.78, 5) is 2.29. The number of anilines is 3. The van der Waals surface area contributed by atoms with Gasteiger partial charge in [-0.25, -0.2) is 0 Å². The highest BCUT2D eigenvalue weighted by atomic mass is 15.1. The maximum absolute atomic E-state index is 6.10. The standard InChI is InChI=1S/C24H28N2/c1-4-21(25)17-20-9-15-24(16-10-20)26(22-11-5-18(2)6-12-22)23-13-7-19(3)8-14-23/h5-16,21H,4,17,25H2,1-3H3. The molecular weight excluding hydrogens is 316 g/mol. The summed E-state index contributed by atoms with van der Waals surface area (Å²) in [5.41, 5.74) is 13.4. The second-order valence-electron chi connectivity index (χ2n) is 7.05. The first-order chi connectivity index (χ1) is 12.6. The fourth-order valence-corrected chi connectivity index (χ4v) is 3.06. The highest BCUT2D eigenvalue weighted by Crippen LogP contribution is 2.34. The Bertz CT molecular complexity index is 772. The molecular formula is C24H28N2. The molecule has 0 aliphatic heterocycles. The summed E-state index contributed by atoms with van der Waals surface area (Å²) < 4.78 is 0. The van der Waals surface area contributed by atoms with Gasteiger partial charge in [-0.05, 0) is 68.7 Å². The largest absolute Gasteiger partial charge is 0.327 e. The molecule has 1 unspecified atom stereocenters. The summed E-state index contributed by atoms with van der Waals surface area (Å²) in [6.07, 6.45) is 1.92. The van der Waals surface area contributed by atoms with E-state index in [9.17, 15) is 0 Å². The van der Waals surface area contributed by atoms with Crippen LogP contribution in [0.3, 0.4) is 0 Å². The maximum atomic E-state index is 6.10. The minimum Gasteiger partial charge on any atom is -0.327 e. The second kappa shape index (κ2) is 8.20. The van der Waals surface area contributed by atoms with E-state index < -0.39 is 0 Å². The molecule has 0 saturated carbocycles. The van der Waals surface area contributed by atoms with Crippen LogP contribution in [0.4, 0.5) is 17.1 Å². The zero-order valence-corrected chi connectivity index (χ0v) is 15.9. The third-order valence-electron chi connectivity index (χ3n) is 4.80. The van der Waals surface area contributed by atoms with E-state index in [-0.39, 0.29) is 6.04 Å². The molecule has 0 aliphatic carbocycles. The van der Waals surface area contributed by atoms with Gasteiger partial charge in [0.05, 0.1) is 0 Å². The quantitative estimate of drug-likeness (QED) is 0.589. The van der Waals surface area contributed by atoms with Crippen molar-refractivity contribution in [3.8, 4) is 0 Å². The fraction of sp³-hybridized carbons (Fsp3) is 0.250. The van der Waals surface area contributed by atoms with E-state index >= 15 is 0 Å². The molecule has 3 aromatic carbocycles. The highest BCUT2D eigenvalue weighted by Gasteiger charge is 2.12. The Morgan fingerprint density at radius 1 is 0.692 bits per heavy atom. The monoisotopic (exact) mass is 344 g/mol. The van der Waals surface area contributed by atoms with Crippen LogP contribution in [0.25, 0.3) is 0 Å². The summed E-state index contributed by atoms with van der Waals surface area (Å²) in [6, 6.07) is 26.3. The van der Waals surface area contributed by atoms with Gasteiger partial charge in [0, 0.05) is 23.1 Å². The third kappa shape index (κ3) is 4.33. The summed E-state index contributed by atoms with van der Waals surface area (Å²) in [7, 11) is 0. The first-order valence-corrected chi connectivity index (χ1v) is 9.35. The van der Waals surface area contributed by atoms with Crippen molar-refractivity contribution in [1.29, 1.82) is 0 Å². The molecule has 0 aromatic heterocycles. The Balaban J connectivity index is 1.97. The molecule has 0 amide bonds. The van der Waals surface area contributed by atoms with Crippen LogP contribution in [0, 0.1) is 13.8 Å². The number of rotatable bonds is 6. The van der Waals surface area contributed by atoms with Crippen molar-refractivity contribution >= 4 is 17.1 Å². The van der Waals surface area contributed by atoms with Crippen LogP contribution in [0.1, 0.15) is 30.0 Å². The van der Waals surface area contributed by atoms with Crippen molar-refractivity contribution in [1.82, 2.24) is 0 Å². The predicted octanol–water partition coefficient (Wildman–Crippen LogP) is 6.05. The van der Waals surface area contributed by atoms with Crippen molar-refractivity contribution in [3.05, 3.63) is 89.5 Å². The number of aryl methyl sites for hydroxylation is 2. The summed E-state index contributed by atoms with van der Waals surface area (Å²) >= 11 is 0. The molecule has 134 valence electrons. The van der Waals surface area contributed by atoms with E-state index in [1.807, 2.05) is 0 Å². The van der Waals surface area contributed by atoms with E-state index in [4.69, 9.17) is 5.73 Å². The first-order valence-electron chi connectivity index (χ1n) is 9.35. The molecule has 3 rings (SSSR count). The van der Waals surface area contributed by atoms with Gasteiger partial charge in [0.2, 0.25) is 0 Å². The number of benzene rings is 3. The van der Waals surface area contributed by atoms with Crippen molar-refractivity contribution in [2.45, 2.75) is 39.7 Å². The maximum Gasteiger partial charge on any atom is 0.0461 e. The third-order valence-corrected chi connectivity index (χ3v) is 4.80. The van der Waals surface area contributed by atoms with E-state index in [2.05, 4.69) is 98.5 Å². The Hall–Kier alpha value is -2.58. The zero-order chi connectivity index (χ0) is 18.5. The molecule has 1 atom stereocenters. The van der Waals surface area contributed by atoms with Crippen LogP contribution in [0.15, 0.2) is 72.8 Å². The Labute approximate surface area is 157 Å². The summed E-state index contributed by atoms with van der Waals surface area (Å²) in [5, 5.41) is 0. The minimum absolute atomic E-state index is 0.228. The second-order valence-corrected chi connectivity index (χ2v) is 7.05. The highest BCUT2D eigenvalue weighted by molar-refractivity contribution is 5.76. The molecule has 3 aromatic rings. The van der Waals surface area contributed by atoms with Crippen molar-refractivity contribution in [2.75, 3.05) is 4.90 Å². The minimum atomic E-state index is 0.228. The predicted molar refractivity (Wildman–Crippen MR) is 113 cm³/mol. The fourth-order valence-electron chi connectivity index (χ4n) is 3.06. The van der Waals surface area contributed by atoms with Gasteiger partial charge in [-0.15, -0.1) is 0 Å².